The number of nitrogens with one attached hydrogen (secondary N) is 2. The van der Waals surface area contributed by atoms with Crippen molar-refractivity contribution in [3.63, 3.8) is 0 Å². The molecule has 0 radical (unpaired) electrons. The van der Waals surface area contributed by atoms with Gasteiger partial charge in [0, 0.05) is 13.1 Å². The Morgan fingerprint density at radius 1 is 0.667 bits per heavy atom. The molecule has 0 amide bonds. The van der Waals surface area contributed by atoms with Gasteiger partial charge in [-0.05, 0) is 25.1 Å². The zero-order valence-electron chi connectivity index (χ0n) is 12.4. The summed E-state index contributed by atoms with van der Waals surface area (Å²) in [5.74, 6) is 0. The first-order valence-corrected chi connectivity index (χ1v) is 8.23. The van der Waals surface area contributed by atoms with Gasteiger partial charge in [0.05, 0.1) is 0 Å². The monoisotopic (exact) mass is 272 g/mol. The molecule has 0 bridgehead atoms. The molecule has 0 aliphatic rings. The van der Waals surface area contributed by atoms with E-state index in [-0.39, 0.29) is 0 Å². The first-order chi connectivity index (χ1) is 8.81. The molecule has 0 aliphatic carbocycles. The van der Waals surface area contributed by atoms with Crippen LogP contribution in [0.15, 0.2) is 0 Å². The number of hydrogen-bond acceptors (Lipinski definition) is 1. The van der Waals surface area contributed by atoms with E-state index in [1.54, 1.807) is 0 Å². The van der Waals surface area contributed by atoms with Gasteiger partial charge in [0.25, 0.3) is 0 Å². The van der Waals surface area contributed by atoms with Crippen LogP contribution in [0.3, 0.4) is 0 Å². The summed E-state index contributed by atoms with van der Waals surface area (Å²) in [6.07, 6.45) is 13.5. The second kappa shape index (κ2) is 14.7. The largest absolute Gasteiger partial charge is 0.363 e. The molecule has 0 spiro atoms. The van der Waals surface area contributed by atoms with Crippen molar-refractivity contribution < 1.29 is 0 Å². The number of hydrogen-bond donors (Lipinski definition) is 2. The second-order valence-electron chi connectivity index (χ2n) is 5.01. The van der Waals surface area contributed by atoms with Gasteiger partial charge in [0.2, 0.25) is 0 Å². The fourth-order valence-electron chi connectivity index (χ4n) is 1.94. The summed E-state index contributed by atoms with van der Waals surface area (Å²) in [7, 11) is 0. The number of thiocarbonyl (C=S) groups is 1. The van der Waals surface area contributed by atoms with Crippen molar-refractivity contribution in [1.82, 2.24) is 10.6 Å². The average molecular weight is 273 g/mol. The summed E-state index contributed by atoms with van der Waals surface area (Å²) < 4.78 is 0. The topological polar surface area (TPSA) is 24.1 Å². The molecular formula is C15H32N2S. The lowest BCUT2D eigenvalue weighted by Gasteiger charge is -2.09. The lowest BCUT2D eigenvalue weighted by molar-refractivity contribution is 0.562. The van der Waals surface area contributed by atoms with Gasteiger partial charge >= 0.3 is 0 Å². The van der Waals surface area contributed by atoms with Gasteiger partial charge < -0.3 is 10.6 Å². The Labute approximate surface area is 119 Å². The zero-order valence-corrected chi connectivity index (χ0v) is 13.2. The maximum Gasteiger partial charge on any atom is 0.166 e. The molecular weight excluding hydrogens is 240 g/mol. The van der Waals surface area contributed by atoms with Crippen molar-refractivity contribution in [2.75, 3.05) is 13.1 Å². The molecule has 0 aromatic rings. The van der Waals surface area contributed by atoms with E-state index in [0.29, 0.717) is 0 Å². The summed E-state index contributed by atoms with van der Waals surface area (Å²) in [4.78, 5) is 0. The van der Waals surface area contributed by atoms with E-state index in [1.165, 1.54) is 57.8 Å². The van der Waals surface area contributed by atoms with E-state index in [1.807, 2.05) is 0 Å². The second-order valence-corrected chi connectivity index (χ2v) is 5.42. The van der Waals surface area contributed by atoms with Crippen molar-refractivity contribution >= 4 is 17.3 Å². The molecule has 0 saturated carbocycles. The van der Waals surface area contributed by atoms with Crippen LogP contribution in [0.25, 0.3) is 0 Å². The van der Waals surface area contributed by atoms with Gasteiger partial charge in [-0.1, -0.05) is 65.2 Å². The van der Waals surface area contributed by atoms with E-state index in [0.717, 1.165) is 24.6 Å². The fourth-order valence-corrected chi connectivity index (χ4v) is 2.14. The molecule has 0 rings (SSSR count). The molecule has 0 aliphatic heterocycles. The van der Waals surface area contributed by atoms with Gasteiger partial charge in [-0.3, -0.25) is 0 Å². The molecule has 2 nitrogen and oxygen atoms in total. The normalized spacial score (nSPS) is 10.3. The molecule has 0 unspecified atom stereocenters. The Morgan fingerprint density at radius 3 is 1.72 bits per heavy atom. The smallest absolute Gasteiger partial charge is 0.166 e. The molecule has 0 fully saturated rings. The number of rotatable bonds is 12. The van der Waals surface area contributed by atoms with Crippen molar-refractivity contribution in [1.29, 1.82) is 0 Å². The predicted molar refractivity (Wildman–Crippen MR) is 86.1 cm³/mol. The molecule has 0 heterocycles. The Kier molecular flexibility index (Phi) is 14.5. The van der Waals surface area contributed by atoms with Crippen LogP contribution in [-0.4, -0.2) is 18.2 Å². The first kappa shape index (κ1) is 17.7. The molecule has 0 aromatic carbocycles. The van der Waals surface area contributed by atoms with Gasteiger partial charge in [-0.2, -0.15) is 0 Å². The third-order valence-corrected chi connectivity index (χ3v) is 3.39. The van der Waals surface area contributed by atoms with Crippen LogP contribution in [0.4, 0.5) is 0 Å². The standard InChI is InChI=1S/C15H32N2S/c1-3-5-6-7-8-9-10-11-12-14-17-15(18)16-13-4-2/h3-14H2,1-2H3,(H2,16,17,18). The van der Waals surface area contributed by atoms with E-state index in [9.17, 15) is 0 Å². The molecule has 0 atom stereocenters. The van der Waals surface area contributed by atoms with Crippen LogP contribution >= 0.6 is 12.2 Å². The molecule has 3 heteroatoms. The van der Waals surface area contributed by atoms with Crippen LogP contribution in [0, 0.1) is 0 Å². The van der Waals surface area contributed by atoms with Crippen molar-refractivity contribution in [2.45, 2.75) is 78.1 Å². The van der Waals surface area contributed by atoms with Crippen LogP contribution in [0.2, 0.25) is 0 Å². The molecule has 2 N–H and O–H groups in total. The van der Waals surface area contributed by atoms with Crippen LogP contribution in [0.1, 0.15) is 78.1 Å². The average Bonchev–Trinajstić information content (AvgIpc) is 2.38. The summed E-state index contributed by atoms with van der Waals surface area (Å²) in [5, 5.41) is 7.26. The van der Waals surface area contributed by atoms with Crippen molar-refractivity contribution in [2.24, 2.45) is 0 Å². The summed E-state index contributed by atoms with van der Waals surface area (Å²) >= 11 is 5.16. The third kappa shape index (κ3) is 13.8. The van der Waals surface area contributed by atoms with Crippen molar-refractivity contribution in [3.05, 3.63) is 0 Å². The highest BCUT2D eigenvalue weighted by Gasteiger charge is 1.94. The lowest BCUT2D eigenvalue weighted by atomic mass is 10.1. The minimum absolute atomic E-state index is 0.816. The summed E-state index contributed by atoms with van der Waals surface area (Å²) in [6, 6.07) is 0. The van der Waals surface area contributed by atoms with E-state index in [2.05, 4.69) is 24.5 Å². The Hall–Kier alpha value is -0.310. The minimum Gasteiger partial charge on any atom is -0.363 e. The molecule has 0 saturated heterocycles. The minimum atomic E-state index is 0.816. The fraction of sp³-hybridized carbons (Fsp3) is 0.933. The third-order valence-electron chi connectivity index (χ3n) is 3.10. The van der Waals surface area contributed by atoms with Gasteiger partial charge in [0.15, 0.2) is 5.11 Å². The van der Waals surface area contributed by atoms with E-state index in [4.69, 9.17) is 12.2 Å². The lowest BCUT2D eigenvalue weighted by Crippen LogP contribution is -2.36. The molecule has 0 aromatic heterocycles. The number of unbranched alkanes of at least 4 members (excludes halogenated alkanes) is 8. The highest BCUT2D eigenvalue weighted by Crippen LogP contribution is 2.09. The van der Waals surface area contributed by atoms with Gasteiger partial charge in [-0.25, -0.2) is 0 Å². The maximum atomic E-state index is 5.16. The predicted octanol–water partition coefficient (Wildman–Crippen LogP) is 4.39. The Balaban J connectivity index is 3.04. The Bertz CT molecular complexity index is 183. The molecule has 18 heavy (non-hydrogen) atoms. The van der Waals surface area contributed by atoms with Gasteiger partial charge in [0.1, 0.15) is 0 Å². The van der Waals surface area contributed by atoms with Gasteiger partial charge in [-0.15, -0.1) is 0 Å². The van der Waals surface area contributed by atoms with E-state index >= 15 is 0 Å². The quantitative estimate of drug-likeness (QED) is 0.407. The highest BCUT2D eigenvalue weighted by atomic mass is 32.1. The summed E-state index contributed by atoms with van der Waals surface area (Å²) in [6.45, 7) is 6.41. The van der Waals surface area contributed by atoms with Crippen LogP contribution in [-0.2, 0) is 0 Å². The first-order valence-electron chi connectivity index (χ1n) is 7.83. The van der Waals surface area contributed by atoms with E-state index < -0.39 is 0 Å². The van der Waals surface area contributed by atoms with Crippen molar-refractivity contribution in [3.8, 4) is 0 Å². The SMILES string of the molecule is CCCCCCCCCCCNC(=S)NCCC. The van der Waals surface area contributed by atoms with Crippen LogP contribution < -0.4 is 10.6 Å². The highest BCUT2D eigenvalue weighted by molar-refractivity contribution is 7.80. The van der Waals surface area contributed by atoms with Crippen LogP contribution in [0.5, 0.6) is 0 Å². The summed E-state index contributed by atoms with van der Waals surface area (Å²) in [5.41, 5.74) is 0. The maximum absolute atomic E-state index is 5.16. The molecule has 108 valence electrons. The Morgan fingerprint density at radius 2 is 1.17 bits per heavy atom. The zero-order chi connectivity index (χ0) is 13.5.